The van der Waals surface area contributed by atoms with E-state index >= 15 is 0 Å². The Bertz CT molecular complexity index is 473. The van der Waals surface area contributed by atoms with Crippen molar-refractivity contribution in [2.45, 2.75) is 117 Å². The summed E-state index contributed by atoms with van der Waals surface area (Å²) in [6.07, 6.45) is 19.9. The highest BCUT2D eigenvalue weighted by atomic mass is 31.2. The molecule has 0 atom stereocenters. The number of benzene rings is 1. The minimum absolute atomic E-state index is 0.566. The molecule has 0 aliphatic rings. The molecule has 1 aromatic carbocycles. The smallest absolute Gasteiger partial charge is 0.0271 e. The van der Waals surface area contributed by atoms with Gasteiger partial charge in [-0.2, -0.15) is 0 Å². The van der Waals surface area contributed by atoms with Gasteiger partial charge in [-0.25, -0.2) is 0 Å². The van der Waals surface area contributed by atoms with Crippen LogP contribution in [0.4, 0.5) is 0 Å². The van der Waals surface area contributed by atoms with Gasteiger partial charge in [-0.05, 0) is 36.8 Å². The first-order valence-electron chi connectivity index (χ1n) is 11.5. The largest absolute Gasteiger partial charge is 0.838 e. The summed E-state index contributed by atoms with van der Waals surface area (Å²) in [7, 11) is -2.49. The number of aryl methyl sites for hydroxylation is 1. The molecule has 0 unspecified atom stereocenters. The number of hydrogen-bond donors (Lipinski definition) is 0. The Balaban J connectivity index is 2.45. The molecule has 0 N–H and O–H groups in total. The fraction of sp³-hybridized carbons (Fsp3) is 0.750. The van der Waals surface area contributed by atoms with Crippen LogP contribution in [0.5, 0.6) is 0 Å². The van der Waals surface area contributed by atoms with Crippen molar-refractivity contribution >= 4 is 13.7 Å². The molecule has 27 heavy (non-hydrogen) atoms. The Hall–Kier alpha value is -0.430. The van der Waals surface area contributed by atoms with E-state index in [0.29, 0.717) is 5.30 Å². The molecular weight excluding hydrogens is 351 g/mol. The van der Waals surface area contributed by atoms with E-state index in [0.717, 1.165) is 24.8 Å². The minimum atomic E-state index is -2.49. The average Bonchev–Trinajstić information content (AvgIpc) is 2.67. The molecule has 1 rings (SSSR count). The zero-order chi connectivity index (χ0) is 19.7. The molecule has 0 fully saturated rings. The summed E-state index contributed by atoms with van der Waals surface area (Å²) in [4.78, 5) is 23.4. The molecule has 3 heteroatoms. The molecule has 0 aliphatic carbocycles. The van der Waals surface area contributed by atoms with Crippen molar-refractivity contribution in [3.05, 3.63) is 29.3 Å². The second kappa shape index (κ2) is 16.5. The van der Waals surface area contributed by atoms with E-state index in [2.05, 4.69) is 19.9 Å². The van der Waals surface area contributed by atoms with Gasteiger partial charge in [-0.3, -0.25) is 8.38 Å². The molecule has 0 heterocycles. The summed E-state index contributed by atoms with van der Waals surface area (Å²) in [6, 6.07) is 5.86. The topological polar surface area (TPSA) is 46.1 Å². The SMILES string of the molecule is CCCCCCCCCc1cccc(P([O-])[O-])c1CCCCCCCCC. The van der Waals surface area contributed by atoms with Gasteiger partial charge in [0.1, 0.15) is 0 Å². The Morgan fingerprint density at radius 1 is 0.630 bits per heavy atom. The van der Waals surface area contributed by atoms with Crippen molar-refractivity contribution in [3.63, 3.8) is 0 Å². The minimum Gasteiger partial charge on any atom is -0.838 e. The van der Waals surface area contributed by atoms with Crippen molar-refractivity contribution in [3.8, 4) is 0 Å². The zero-order valence-electron chi connectivity index (χ0n) is 17.8. The lowest BCUT2D eigenvalue weighted by Gasteiger charge is -2.34. The van der Waals surface area contributed by atoms with Gasteiger partial charge in [0.2, 0.25) is 0 Å². The fourth-order valence-electron chi connectivity index (χ4n) is 3.85. The van der Waals surface area contributed by atoms with E-state index in [4.69, 9.17) is 0 Å². The molecule has 0 bridgehead atoms. The maximum absolute atomic E-state index is 11.7. The van der Waals surface area contributed by atoms with Gasteiger partial charge in [0.05, 0.1) is 0 Å². The number of rotatable bonds is 17. The molecule has 0 saturated carbocycles. The number of hydrogen-bond acceptors (Lipinski definition) is 2. The van der Waals surface area contributed by atoms with Gasteiger partial charge < -0.3 is 9.79 Å². The summed E-state index contributed by atoms with van der Waals surface area (Å²) < 4.78 is 0. The van der Waals surface area contributed by atoms with E-state index < -0.39 is 8.38 Å². The summed E-state index contributed by atoms with van der Waals surface area (Å²) in [5, 5.41) is 0.566. The third-order valence-electron chi connectivity index (χ3n) is 5.53. The highest BCUT2D eigenvalue weighted by Gasteiger charge is 2.07. The van der Waals surface area contributed by atoms with E-state index in [1.807, 2.05) is 6.07 Å². The predicted molar refractivity (Wildman–Crippen MR) is 116 cm³/mol. The van der Waals surface area contributed by atoms with Gasteiger partial charge in [0.25, 0.3) is 0 Å². The second-order valence-electron chi connectivity index (χ2n) is 7.91. The Morgan fingerprint density at radius 3 is 1.63 bits per heavy atom. The molecular formula is C24H41O2P-2. The van der Waals surface area contributed by atoms with Crippen LogP contribution in [0.1, 0.15) is 115 Å². The van der Waals surface area contributed by atoms with Gasteiger partial charge in [-0.15, -0.1) is 0 Å². The third-order valence-corrected chi connectivity index (χ3v) is 6.34. The first-order valence-corrected chi connectivity index (χ1v) is 12.6. The van der Waals surface area contributed by atoms with Crippen molar-refractivity contribution in [2.24, 2.45) is 0 Å². The normalized spacial score (nSPS) is 11.4. The quantitative estimate of drug-likeness (QED) is 0.244. The molecule has 0 aliphatic heterocycles. The Kier molecular flexibility index (Phi) is 15.1. The lowest BCUT2D eigenvalue weighted by Crippen LogP contribution is -2.24. The summed E-state index contributed by atoms with van der Waals surface area (Å²) >= 11 is 0. The second-order valence-corrected chi connectivity index (χ2v) is 8.91. The zero-order valence-corrected chi connectivity index (χ0v) is 18.7. The highest BCUT2D eigenvalue weighted by Crippen LogP contribution is 2.23. The van der Waals surface area contributed by atoms with E-state index in [9.17, 15) is 9.79 Å². The molecule has 2 nitrogen and oxygen atoms in total. The Labute approximate surface area is 169 Å². The van der Waals surface area contributed by atoms with Crippen molar-refractivity contribution < 1.29 is 9.79 Å². The lowest BCUT2D eigenvalue weighted by atomic mass is 9.96. The first kappa shape index (κ1) is 24.6. The summed E-state index contributed by atoms with van der Waals surface area (Å²) in [5.74, 6) is 0. The summed E-state index contributed by atoms with van der Waals surface area (Å²) in [6.45, 7) is 4.49. The van der Waals surface area contributed by atoms with E-state index in [-0.39, 0.29) is 0 Å². The van der Waals surface area contributed by atoms with Crippen LogP contribution in [-0.2, 0) is 12.8 Å². The fourth-order valence-corrected chi connectivity index (χ4v) is 4.53. The van der Waals surface area contributed by atoms with Crippen LogP contribution in [0.15, 0.2) is 18.2 Å². The highest BCUT2D eigenvalue weighted by molar-refractivity contribution is 7.51. The van der Waals surface area contributed by atoms with Crippen molar-refractivity contribution in [1.29, 1.82) is 0 Å². The van der Waals surface area contributed by atoms with Crippen molar-refractivity contribution in [1.82, 2.24) is 0 Å². The monoisotopic (exact) mass is 392 g/mol. The molecule has 0 spiro atoms. The standard InChI is InChI=1S/C24H41O2P/c1-3-5-7-9-11-13-15-18-22-19-17-21-24(27(25)26)23(22)20-16-14-12-10-8-6-4-2/h17,19,21H,3-16,18,20H2,1-2H3/q-2. The van der Waals surface area contributed by atoms with Gasteiger partial charge in [0.15, 0.2) is 0 Å². The van der Waals surface area contributed by atoms with Gasteiger partial charge in [0, 0.05) is 0 Å². The average molecular weight is 393 g/mol. The van der Waals surface area contributed by atoms with Crippen LogP contribution in [0.25, 0.3) is 0 Å². The van der Waals surface area contributed by atoms with Gasteiger partial charge in [-0.1, -0.05) is 114 Å². The molecule has 0 saturated heterocycles. The maximum Gasteiger partial charge on any atom is -0.0271 e. The van der Waals surface area contributed by atoms with Crippen LogP contribution in [0.2, 0.25) is 0 Å². The third kappa shape index (κ3) is 11.2. The summed E-state index contributed by atoms with van der Waals surface area (Å²) in [5.41, 5.74) is 2.37. The molecule has 0 aromatic heterocycles. The van der Waals surface area contributed by atoms with Gasteiger partial charge >= 0.3 is 0 Å². The van der Waals surface area contributed by atoms with Crippen LogP contribution in [0, 0.1) is 0 Å². The van der Waals surface area contributed by atoms with Crippen molar-refractivity contribution in [2.75, 3.05) is 0 Å². The van der Waals surface area contributed by atoms with E-state index in [1.54, 1.807) is 6.07 Å². The van der Waals surface area contributed by atoms with Crippen LogP contribution >= 0.6 is 8.38 Å². The molecule has 0 amide bonds. The lowest BCUT2D eigenvalue weighted by molar-refractivity contribution is -0.287. The van der Waals surface area contributed by atoms with Crippen LogP contribution in [0.3, 0.4) is 0 Å². The molecule has 1 aromatic rings. The van der Waals surface area contributed by atoms with Crippen LogP contribution in [-0.4, -0.2) is 0 Å². The maximum atomic E-state index is 11.7. The first-order chi connectivity index (χ1) is 13.2. The molecule has 0 radical (unpaired) electrons. The number of unbranched alkanes of at least 4 members (excludes halogenated alkanes) is 12. The molecule has 156 valence electrons. The Morgan fingerprint density at radius 2 is 1.11 bits per heavy atom. The van der Waals surface area contributed by atoms with E-state index in [1.165, 1.54) is 89.0 Å². The van der Waals surface area contributed by atoms with Crippen LogP contribution < -0.4 is 15.1 Å². The predicted octanol–water partition coefficient (Wildman–Crippen LogP) is 5.93.